The van der Waals surface area contributed by atoms with Crippen molar-refractivity contribution in [1.82, 2.24) is 0 Å². The average Bonchev–Trinajstić information content (AvgIpc) is 2.90. The molecular weight excluding hydrogens is 299 g/mol. The predicted octanol–water partition coefficient (Wildman–Crippen LogP) is 3.66. The molecule has 2 aromatic rings. The Kier molecular flexibility index (Phi) is 4.89. The maximum absolute atomic E-state index is 12.6. The number of hydrogen-bond acceptors (Lipinski definition) is 3. The Morgan fingerprint density at radius 1 is 1.24 bits per heavy atom. The second-order valence-corrected chi connectivity index (χ2v) is 5.08. The van der Waals surface area contributed by atoms with Crippen LogP contribution in [0.3, 0.4) is 0 Å². The fourth-order valence-corrected chi connectivity index (χ4v) is 2.36. The Bertz CT molecular complexity index is 667. The lowest BCUT2D eigenvalue weighted by Gasteiger charge is -2.09. The molecule has 0 atom stereocenters. The van der Waals surface area contributed by atoms with Crippen molar-refractivity contribution in [1.29, 1.82) is 0 Å². The zero-order chi connectivity index (χ0) is 15.3. The van der Waals surface area contributed by atoms with E-state index in [1.807, 2.05) is 11.4 Å². The molecule has 2 rings (SSSR count). The number of halogens is 3. The Morgan fingerprint density at radius 2 is 2.05 bits per heavy atom. The van der Waals surface area contributed by atoms with Gasteiger partial charge in [-0.25, -0.2) is 0 Å². The molecule has 0 amide bonds. The van der Waals surface area contributed by atoms with E-state index in [2.05, 4.69) is 11.8 Å². The average molecular weight is 311 g/mol. The SMILES string of the molecule is NCC#Cc1ccsc1COc1cccc(C(F)(F)F)c1. The minimum Gasteiger partial charge on any atom is -0.488 e. The van der Waals surface area contributed by atoms with Gasteiger partial charge in [-0.2, -0.15) is 13.2 Å². The van der Waals surface area contributed by atoms with Gasteiger partial charge in [-0.3, -0.25) is 0 Å². The molecule has 0 radical (unpaired) electrons. The first-order valence-corrected chi connectivity index (χ1v) is 6.94. The Hall–Kier alpha value is -1.97. The quantitative estimate of drug-likeness (QED) is 0.878. The Labute approximate surface area is 124 Å². The summed E-state index contributed by atoms with van der Waals surface area (Å²) in [5, 5.41) is 1.85. The van der Waals surface area contributed by atoms with Crippen molar-refractivity contribution in [2.45, 2.75) is 12.8 Å². The van der Waals surface area contributed by atoms with Gasteiger partial charge in [0.25, 0.3) is 0 Å². The minimum atomic E-state index is -4.37. The maximum atomic E-state index is 12.6. The molecule has 0 aliphatic rings. The minimum absolute atomic E-state index is 0.174. The first kappa shape index (κ1) is 15.4. The number of hydrogen-bond donors (Lipinski definition) is 1. The molecule has 1 aromatic carbocycles. The number of thiophene rings is 1. The van der Waals surface area contributed by atoms with Gasteiger partial charge in [0, 0.05) is 5.56 Å². The van der Waals surface area contributed by atoms with Crippen molar-refractivity contribution in [3.63, 3.8) is 0 Å². The molecule has 0 saturated carbocycles. The number of ether oxygens (including phenoxy) is 1. The molecule has 0 fully saturated rings. The van der Waals surface area contributed by atoms with Crippen LogP contribution in [0.2, 0.25) is 0 Å². The molecule has 1 aromatic heterocycles. The highest BCUT2D eigenvalue weighted by atomic mass is 32.1. The zero-order valence-electron chi connectivity index (χ0n) is 10.9. The summed E-state index contributed by atoms with van der Waals surface area (Å²) < 4.78 is 43.2. The highest BCUT2D eigenvalue weighted by Gasteiger charge is 2.30. The van der Waals surface area contributed by atoms with Gasteiger partial charge < -0.3 is 10.5 Å². The van der Waals surface area contributed by atoms with Gasteiger partial charge in [0.1, 0.15) is 12.4 Å². The highest BCUT2D eigenvalue weighted by Crippen LogP contribution is 2.31. The molecule has 110 valence electrons. The van der Waals surface area contributed by atoms with Crippen molar-refractivity contribution < 1.29 is 17.9 Å². The molecular formula is C15H12F3NOS. The van der Waals surface area contributed by atoms with E-state index in [1.165, 1.54) is 23.5 Å². The molecule has 0 unspecified atom stereocenters. The summed E-state index contributed by atoms with van der Waals surface area (Å²) in [7, 11) is 0. The van der Waals surface area contributed by atoms with Crippen molar-refractivity contribution in [2.24, 2.45) is 5.73 Å². The molecule has 1 heterocycles. The topological polar surface area (TPSA) is 35.2 Å². The summed E-state index contributed by atoms with van der Waals surface area (Å²) in [4.78, 5) is 0.855. The van der Waals surface area contributed by atoms with Crippen molar-refractivity contribution in [3.8, 4) is 17.6 Å². The molecule has 0 saturated heterocycles. The van der Waals surface area contributed by atoms with Crippen LogP contribution in [0.25, 0.3) is 0 Å². The van der Waals surface area contributed by atoms with Gasteiger partial charge >= 0.3 is 6.18 Å². The lowest BCUT2D eigenvalue weighted by molar-refractivity contribution is -0.137. The van der Waals surface area contributed by atoms with E-state index in [0.29, 0.717) is 0 Å². The smallest absolute Gasteiger partial charge is 0.416 e. The fourth-order valence-electron chi connectivity index (χ4n) is 1.62. The fraction of sp³-hybridized carbons (Fsp3) is 0.200. The van der Waals surface area contributed by atoms with Crippen LogP contribution in [-0.2, 0) is 12.8 Å². The maximum Gasteiger partial charge on any atom is 0.416 e. The van der Waals surface area contributed by atoms with Crippen LogP contribution in [0.4, 0.5) is 13.2 Å². The second-order valence-electron chi connectivity index (χ2n) is 4.08. The number of nitrogens with two attached hydrogens (primary N) is 1. The van der Waals surface area contributed by atoms with Gasteiger partial charge in [-0.15, -0.1) is 11.3 Å². The van der Waals surface area contributed by atoms with E-state index in [4.69, 9.17) is 10.5 Å². The van der Waals surface area contributed by atoms with Gasteiger partial charge in [-0.1, -0.05) is 17.9 Å². The first-order chi connectivity index (χ1) is 10.0. The predicted molar refractivity (Wildman–Crippen MR) is 76.0 cm³/mol. The summed E-state index contributed by atoms with van der Waals surface area (Å²) >= 11 is 1.44. The van der Waals surface area contributed by atoms with Crippen LogP contribution < -0.4 is 10.5 Å². The van der Waals surface area contributed by atoms with E-state index >= 15 is 0 Å². The highest BCUT2D eigenvalue weighted by molar-refractivity contribution is 7.10. The summed E-state index contributed by atoms with van der Waals surface area (Å²) in [5.74, 6) is 5.82. The van der Waals surface area contributed by atoms with Crippen molar-refractivity contribution >= 4 is 11.3 Å². The van der Waals surface area contributed by atoms with E-state index < -0.39 is 11.7 Å². The molecule has 21 heavy (non-hydrogen) atoms. The molecule has 0 aliphatic heterocycles. The molecule has 2 nitrogen and oxygen atoms in total. The van der Waals surface area contributed by atoms with E-state index in [1.54, 1.807) is 0 Å². The van der Waals surface area contributed by atoms with E-state index in [0.717, 1.165) is 22.6 Å². The number of rotatable bonds is 3. The number of benzene rings is 1. The van der Waals surface area contributed by atoms with Crippen molar-refractivity contribution in [3.05, 3.63) is 51.7 Å². The van der Waals surface area contributed by atoms with Crippen LogP contribution in [0.1, 0.15) is 16.0 Å². The van der Waals surface area contributed by atoms with Crippen LogP contribution >= 0.6 is 11.3 Å². The molecule has 2 N–H and O–H groups in total. The van der Waals surface area contributed by atoms with Crippen LogP contribution in [0, 0.1) is 11.8 Å². The summed E-state index contributed by atoms with van der Waals surface area (Å²) in [6.45, 7) is 0.428. The van der Waals surface area contributed by atoms with Crippen LogP contribution in [-0.4, -0.2) is 6.54 Å². The van der Waals surface area contributed by atoms with E-state index in [-0.39, 0.29) is 18.9 Å². The van der Waals surface area contributed by atoms with Crippen LogP contribution in [0.15, 0.2) is 35.7 Å². The third kappa shape index (κ3) is 4.25. The third-order valence-electron chi connectivity index (χ3n) is 2.60. The van der Waals surface area contributed by atoms with Gasteiger partial charge in [-0.05, 0) is 29.6 Å². The number of alkyl halides is 3. The molecule has 6 heteroatoms. The summed E-state index contributed by atoms with van der Waals surface area (Å²) in [6.07, 6.45) is -4.37. The third-order valence-corrected chi connectivity index (χ3v) is 3.50. The lowest BCUT2D eigenvalue weighted by Crippen LogP contribution is -2.05. The van der Waals surface area contributed by atoms with Gasteiger partial charge in [0.05, 0.1) is 17.0 Å². The Balaban J connectivity index is 2.09. The summed E-state index contributed by atoms with van der Waals surface area (Å²) in [6, 6.07) is 6.64. The lowest BCUT2D eigenvalue weighted by atomic mass is 10.2. The Morgan fingerprint density at radius 3 is 2.76 bits per heavy atom. The second kappa shape index (κ2) is 6.66. The first-order valence-electron chi connectivity index (χ1n) is 6.06. The zero-order valence-corrected chi connectivity index (χ0v) is 11.7. The molecule has 0 spiro atoms. The normalized spacial score (nSPS) is 10.9. The standard InChI is InChI=1S/C15H12F3NOS/c16-15(17,18)12-4-1-5-13(9-12)20-10-14-11(3-2-7-19)6-8-21-14/h1,4-6,8-9H,7,10,19H2. The van der Waals surface area contributed by atoms with Crippen molar-refractivity contribution in [2.75, 3.05) is 6.54 Å². The van der Waals surface area contributed by atoms with Gasteiger partial charge in [0.15, 0.2) is 0 Å². The van der Waals surface area contributed by atoms with E-state index in [9.17, 15) is 13.2 Å². The monoisotopic (exact) mass is 311 g/mol. The molecule has 0 bridgehead atoms. The van der Waals surface area contributed by atoms with Gasteiger partial charge in [0.2, 0.25) is 0 Å². The molecule has 0 aliphatic carbocycles. The summed E-state index contributed by atoms with van der Waals surface area (Å²) in [5.41, 5.74) is 5.37. The largest absolute Gasteiger partial charge is 0.488 e. The van der Waals surface area contributed by atoms with Crippen LogP contribution in [0.5, 0.6) is 5.75 Å².